The summed E-state index contributed by atoms with van der Waals surface area (Å²) in [5, 5.41) is 15.0. The molecule has 1 aromatic heterocycles. The molecular formula is C14H27N3O. The van der Waals surface area contributed by atoms with Gasteiger partial charge in [-0.2, -0.15) is 5.10 Å². The first-order valence-corrected chi connectivity index (χ1v) is 6.95. The van der Waals surface area contributed by atoms with E-state index in [1.165, 1.54) is 0 Å². The molecule has 0 amide bonds. The first kappa shape index (κ1) is 15.2. The molecule has 0 saturated carbocycles. The van der Waals surface area contributed by atoms with Crippen molar-refractivity contribution in [1.82, 2.24) is 14.8 Å². The zero-order valence-electron chi connectivity index (χ0n) is 12.3. The maximum absolute atomic E-state index is 10.9. The quantitative estimate of drug-likeness (QED) is 0.812. The topological polar surface area (TPSA) is 50.9 Å². The van der Waals surface area contributed by atoms with Crippen molar-refractivity contribution in [1.29, 1.82) is 0 Å². The SMILES string of the molecule is CCn1ncnc1CC(O)(CC(C)C)CC(C)C. The zero-order valence-corrected chi connectivity index (χ0v) is 12.3. The number of hydrogen-bond donors (Lipinski definition) is 1. The van der Waals surface area contributed by atoms with Gasteiger partial charge in [0, 0.05) is 13.0 Å². The summed E-state index contributed by atoms with van der Waals surface area (Å²) in [5.74, 6) is 1.85. The fraction of sp³-hybridized carbons (Fsp3) is 0.857. The molecule has 1 aromatic rings. The van der Waals surface area contributed by atoms with Crippen LogP contribution in [0.5, 0.6) is 0 Å². The van der Waals surface area contributed by atoms with Crippen LogP contribution in [0, 0.1) is 11.8 Å². The highest BCUT2D eigenvalue weighted by molar-refractivity contribution is 4.95. The average Bonchev–Trinajstić information content (AvgIpc) is 2.61. The normalized spacial score (nSPS) is 12.7. The van der Waals surface area contributed by atoms with Crippen molar-refractivity contribution < 1.29 is 5.11 Å². The Hall–Kier alpha value is -0.900. The molecule has 1 rings (SSSR count). The Morgan fingerprint density at radius 3 is 2.22 bits per heavy atom. The third-order valence-corrected chi connectivity index (χ3v) is 3.06. The molecule has 0 bridgehead atoms. The third-order valence-electron chi connectivity index (χ3n) is 3.06. The van der Waals surface area contributed by atoms with Crippen molar-refractivity contribution in [3.05, 3.63) is 12.2 Å². The van der Waals surface area contributed by atoms with E-state index in [4.69, 9.17) is 0 Å². The second-order valence-corrected chi connectivity index (χ2v) is 6.09. The monoisotopic (exact) mass is 253 g/mol. The molecule has 0 aromatic carbocycles. The number of aryl methyl sites for hydroxylation is 1. The number of rotatable bonds is 7. The van der Waals surface area contributed by atoms with E-state index >= 15 is 0 Å². The Labute approximate surface area is 110 Å². The summed E-state index contributed by atoms with van der Waals surface area (Å²) in [5.41, 5.74) is -0.664. The first-order chi connectivity index (χ1) is 8.36. The molecular weight excluding hydrogens is 226 g/mol. The van der Waals surface area contributed by atoms with E-state index in [0.717, 1.165) is 25.2 Å². The molecule has 0 aliphatic carbocycles. The average molecular weight is 253 g/mol. The van der Waals surface area contributed by atoms with Gasteiger partial charge in [-0.1, -0.05) is 27.7 Å². The molecule has 0 unspecified atom stereocenters. The van der Waals surface area contributed by atoms with Crippen LogP contribution in [0.2, 0.25) is 0 Å². The highest BCUT2D eigenvalue weighted by Gasteiger charge is 2.31. The van der Waals surface area contributed by atoms with Crippen LogP contribution >= 0.6 is 0 Å². The van der Waals surface area contributed by atoms with Crippen molar-refractivity contribution in [3.63, 3.8) is 0 Å². The van der Waals surface area contributed by atoms with E-state index < -0.39 is 5.60 Å². The maximum atomic E-state index is 10.9. The number of aromatic nitrogens is 3. The second kappa shape index (κ2) is 6.32. The van der Waals surface area contributed by atoms with Gasteiger partial charge in [-0.25, -0.2) is 4.98 Å². The Morgan fingerprint density at radius 1 is 1.22 bits per heavy atom. The van der Waals surface area contributed by atoms with E-state index in [-0.39, 0.29) is 0 Å². The van der Waals surface area contributed by atoms with Crippen LogP contribution in [0.1, 0.15) is 53.3 Å². The molecule has 4 nitrogen and oxygen atoms in total. The number of aliphatic hydroxyl groups is 1. The molecule has 0 saturated heterocycles. The van der Waals surface area contributed by atoms with Gasteiger partial charge in [-0.3, -0.25) is 4.68 Å². The highest BCUT2D eigenvalue weighted by Crippen LogP contribution is 2.28. The van der Waals surface area contributed by atoms with Crippen molar-refractivity contribution in [2.24, 2.45) is 11.8 Å². The van der Waals surface area contributed by atoms with Crippen LogP contribution < -0.4 is 0 Å². The fourth-order valence-electron chi connectivity index (χ4n) is 2.73. The summed E-state index contributed by atoms with van der Waals surface area (Å²) < 4.78 is 1.87. The zero-order chi connectivity index (χ0) is 13.8. The summed E-state index contributed by atoms with van der Waals surface area (Å²) >= 11 is 0. The molecule has 0 atom stereocenters. The number of nitrogens with zero attached hydrogens (tertiary/aromatic N) is 3. The van der Waals surface area contributed by atoms with Gasteiger partial charge in [-0.05, 0) is 31.6 Å². The van der Waals surface area contributed by atoms with Crippen LogP contribution in [-0.2, 0) is 13.0 Å². The number of hydrogen-bond acceptors (Lipinski definition) is 3. The van der Waals surface area contributed by atoms with E-state index in [0.29, 0.717) is 18.3 Å². The van der Waals surface area contributed by atoms with Crippen molar-refractivity contribution in [3.8, 4) is 0 Å². The molecule has 0 fully saturated rings. The van der Waals surface area contributed by atoms with Crippen LogP contribution in [0.4, 0.5) is 0 Å². The van der Waals surface area contributed by atoms with Crippen molar-refractivity contribution in [2.75, 3.05) is 0 Å². The second-order valence-electron chi connectivity index (χ2n) is 6.09. The lowest BCUT2D eigenvalue weighted by Crippen LogP contribution is -2.36. The van der Waals surface area contributed by atoms with Gasteiger partial charge < -0.3 is 5.11 Å². The molecule has 4 heteroatoms. The first-order valence-electron chi connectivity index (χ1n) is 6.95. The molecule has 18 heavy (non-hydrogen) atoms. The van der Waals surface area contributed by atoms with E-state index in [1.54, 1.807) is 6.33 Å². The smallest absolute Gasteiger partial charge is 0.138 e. The van der Waals surface area contributed by atoms with Crippen LogP contribution in [0.15, 0.2) is 6.33 Å². The van der Waals surface area contributed by atoms with Gasteiger partial charge in [0.1, 0.15) is 12.2 Å². The Balaban J connectivity index is 2.83. The van der Waals surface area contributed by atoms with Crippen LogP contribution in [0.25, 0.3) is 0 Å². The van der Waals surface area contributed by atoms with Gasteiger partial charge in [0.25, 0.3) is 0 Å². The Kier molecular flexibility index (Phi) is 5.32. The minimum Gasteiger partial charge on any atom is -0.389 e. The largest absolute Gasteiger partial charge is 0.389 e. The predicted octanol–water partition coefficient (Wildman–Crippen LogP) is 2.66. The highest BCUT2D eigenvalue weighted by atomic mass is 16.3. The fourth-order valence-corrected chi connectivity index (χ4v) is 2.73. The molecule has 1 heterocycles. The molecule has 0 spiro atoms. The van der Waals surface area contributed by atoms with Crippen molar-refractivity contribution >= 4 is 0 Å². The maximum Gasteiger partial charge on any atom is 0.138 e. The van der Waals surface area contributed by atoms with Gasteiger partial charge in [0.15, 0.2) is 0 Å². The lowest BCUT2D eigenvalue weighted by Gasteiger charge is -2.31. The van der Waals surface area contributed by atoms with Crippen LogP contribution in [-0.4, -0.2) is 25.5 Å². The molecule has 0 aliphatic rings. The Morgan fingerprint density at radius 2 is 1.78 bits per heavy atom. The molecule has 104 valence electrons. The van der Waals surface area contributed by atoms with Crippen LogP contribution in [0.3, 0.4) is 0 Å². The lowest BCUT2D eigenvalue weighted by atomic mass is 9.82. The molecule has 0 radical (unpaired) electrons. The van der Waals surface area contributed by atoms with E-state index in [9.17, 15) is 5.11 Å². The van der Waals surface area contributed by atoms with Gasteiger partial charge >= 0.3 is 0 Å². The van der Waals surface area contributed by atoms with E-state index in [1.807, 2.05) is 11.6 Å². The summed E-state index contributed by atoms with van der Waals surface area (Å²) in [6.45, 7) is 11.4. The van der Waals surface area contributed by atoms with Gasteiger partial charge in [0.05, 0.1) is 5.60 Å². The summed E-state index contributed by atoms with van der Waals surface area (Å²) in [6.07, 6.45) is 3.78. The standard InChI is InChI=1S/C14H27N3O/c1-6-17-13(15-10-16-17)9-14(18,7-11(2)3)8-12(4)5/h10-12,18H,6-9H2,1-5H3. The Bertz CT molecular complexity index is 348. The molecule has 0 aliphatic heterocycles. The molecule has 1 N–H and O–H groups in total. The summed E-state index contributed by atoms with van der Waals surface area (Å²) in [7, 11) is 0. The van der Waals surface area contributed by atoms with Gasteiger partial charge in [0.2, 0.25) is 0 Å². The van der Waals surface area contributed by atoms with Gasteiger partial charge in [-0.15, -0.1) is 0 Å². The van der Waals surface area contributed by atoms with E-state index in [2.05, 4.69) is 37.8 Å². The summed E-state index contributed by atoms with van der Waals surface area (Å²) in [4.78, 5) is 4.28. The lowest BCUT2D eigenvalue weighted by molar-refractivity contribution is -0.00178. The minimum absolute atomic E-state index is 0.478. The summed E-state index contributed by atoms with van der Waals surface area (Å²) in [6, 6.07) is 0. The van der Waals surface area contributed by atoms with Crippen molar-refractivity contribution in [2.45, 2.75) is 66.0 Å². The predicted molar refractivity (Wildman–Crippen MR) is 73.3 cm³/mol. The minimum atomic E-state index is -0.664. The third kappa shape index (κ3) is 4.41.